The SMILES string of the molecule is OCCOc1ccnc(Cl)n1. The van der Waals surface area contributed by atoms with Gasteiger partial charge in [0, 0.05) is 12.3 Å². The maximum absolute atomic E-state index is 8.40. The lowest BCUT2D eigenvalue weighted by Crippen LogP contribution is -2.03. The zero-order valence-corrected chi connectivity index (χ0v) is 6.45. The first-order chi connectivity index (χ1) is 5.33. The van der Waals surface area contributed by atoms with E-state index in [-0.39, 0.29) is 18.5 Å². The highest BCUT2D eigenvalue weighted by molar-refractivity contribution is 6.28. The molecule has 4 nitrogen and oxygen atoms in total. The molecule has 0 atom stereocenters. The Labute approximate surface area is 68.8 Å². The lowest BCUT2D eigenvalue weighted by molar-refractivity contribution is 0.196. The van der Waals surface area contributed by atoms with E-state index in [1.807, 2.05) is 0 Å². The largest absolute Gasteiger partial charge is 0.475 e. The molecule has 0 amide bonds. The summed E-state index contributed by atoms with van der Waals surface area (Å²) in [6.07, 6.45) is 1.49. The molecule has 0 aliphatic heterocycles. The standard InChI is InChI=1S/C6H7ClN2O2/c7-6-8-2-1-5(9-6)11-4-3-10/h1-2,10H,3-4H2. The minimum atomic E-state index is -0.0401. The highest BCUT2D eigenvalue weighted by Crippen LogP contribution is 2.07. The smallest absolute Gasteiger partial charge is 0.225 e. The van der Waals surface area contributed by atoms with Crippen molar-refractivity contribution >= 4 is 11.6 Å². The van der Waals surface area contributed by atoms with Crippen LogP contribution >= 0.6 is 11.6 Å². The van der Waals surface area contributed by atoms with Gasteiger partial charge in [0.2, 0.25) is 11.2 Å². The highest BCUT2D eigenvalue weighted by atomic mass is 35.5. The Morgan fingerprint density at radius 1 is 1.64 bits per heavy atom. The second kappa shape index (κ2) is 4.10. The van der Waals surface area contributed by atoms with Crippen molar-refractivity contribution in [3.8, 4) is 5.88 Å². The summed E-state index contributed by atoms with van der Waals surface area (Å²) in [6, 6.07) is 1.57. The average molecular weight is 175 g/mol. The molecule has 0 radical (unpaired) electrons. The van der Waals surface area contributed by atoms with E-state index in [2.05, 4.69) is 9.97 Å². The minimum Gasteiger partial charge on any atom is -0.475 e. The van der Waals surface area contributed by atoms with Crippen molar-refractivity contribution in [1.29, 1.82) is 0 Å². The van der Waals surface area contributed by atoms with Crippen LogP contribution in [0, 0.1) is 0 Å². The van der Waals surface area contributed by atoms with Crippen LogP contribution in [0.5, 0.6) is 5.88 Å². The number of nitrogens with zero attached hydrogens (tertiary/aromatic N) is 2. The number of ether oxygens (including phenoxy) is 1. The fraction of sp³-hybridized carbons (Fsp3) is 0.333. The third kappa shape index (κ3) is 2.69. The molecule has 0 aliphatic rings. The Kier molecular flexibility index (Phi) is 3.07. The van der Waals surface area contributed by atoms with Crippen LogP contribution in [0.3, 0.4) is 0 Å². The fourth-order valence-corrected chi connectivity index (χ4v) is 0.690. The van der Waals surface area contributed by atoms with Gasteiger partial charge in [-0.05, 0) is 11.6 Å². The summed E-state index contributed by atoms with van der Waals surface area (Å²) < 4.78 is 4.95. The summed E-state index contributed by atoms with van der Waals surface area (Å²) in [4.78, 5) is 7.39. The van der Waals surface area contributed by atoms with Gasteiger partial charge < -0.3 is 9.84 Å². The molecule has 0 saturated carbocycles. The molecule has 1 N–H and O–H groups in total. The second-order valence-electron chi connectivity index (χ2n) is 1.74. The Morgan fingerprint density at radius 3 is 3.09 bits per heavy atom. The van der Waals surface area contributed by atoms with Crippen molar-refractivity contribution in [3.63, 3.8) is 0 Å². The third-order valence-corrected chi connectivity index (χ3v) is 1.12. The minimum absolute atomic E-state index is 0.0401. The zero-order valence-electron chi connectivity index (χ0n) is 5.70. The first-order valence-corrected chi connectivity index (χ1v) is 3.43. The molecule has 1 aromatic heterocycles. The molecule has 60 valence electrons. The van der Waals surface area contributed by atoms with Crippen molar-refractivity contribution in [2.24, 2.45) is 0 Å². The molecule has 1 aromatic rings. The van der Waals surface area contributed by atoms with E-state index in [1.165, 1.54) is 6.20 Å². The fourth-order valence-electron chi connectivity index (χ4n) is 0.550. The molecule has 0 aromatic carbocycles. The number of rotatable bonds is 3. The van der Waals surface area contributed by atoms with E-state index in [0.29, 0.717) is 5.88 Å². The maximum Gasteiger partial charge on any atom is 0.225 e. The number of halogens is 1. The van der Waals surface area contributed by atoms with Crippen LogP contribution in [0.1, 0.15) is 0 Å². The molecule has 0 unspecified atom stereocenters. The number of hydrogen-bond donors (Lipinski definition) is 1. The van der Waals surface area contributed by atoms with Crippen molar-refractivity contribution in [3.05, 3.63) is 17.5 Å². The van der Waals surface area contributed by atoms with Crippen molar-refractivity contribution in [1.82, 2.24) is 9.97 Å². The van der Waals surface area contributed by atoms with Gasteiger partial charge in [-0.1, -0.05) is 0 Å². The maximum atomic E-state index is 8.40. The summed E-state index contributed by atoms with van der Waals surface area (Å²) in [5.74, 6) is 0.374. The molecule has 11 heavy (non-hydrogen) atoms. The number of aromatic nitrogens is 2. The van der Waals surface area contributed by atoms with Crippen molar-refractivity contribution in [2.75, 3.05) is 13.2 Å². The monoisotopic (exact) mass is 174 g/mol. The van der Waals surface area contributed by atoms with E-state index < -0.39 is 0 Å². The van der Waals surface area contributed by atoms with Gasteiger partial charge in [0.15, 0.2) is 0 Å². The molecule has 1 heterocycles. The predicted octanol–water partition coefficient (Wildman–Crippen LogP) is 0.501. The van der Waals surface area contributed by atoms with Crippen LogP contribution in [0.15, 0.2) is 12.3 Å². The van der Waals surface area contributed by atoms with Crippen molar-refractivity contribution < 1.29 is 9.84 Å². The zero-order chi connectivity index (χ0) is 8.10. The number of aliphatic hydroxyl groups excluding tert-OH is 1. The van der Waals surface area contributed by atoms with E-state index >= 15 is 0 Å². The average Bonchev–Trinajstić information content (AvgIpc) is 2.01. The first-order valence-electron chi connectivity index (χ1n) is 3.05. The van der Waals surface area contributed by atoms with E-state index in [0.717, 1.165) is 0 Å². The van der Waals surface area contributed by atoms with Gasteiger partial charge in [-0.15, -0.1) is 0 Å². The summed E-state index contributed by atoms with van der Waals surface area (Å²) >= 11 is 5.46. The summed E-state index contributed by atoms with van der Waals surface area (Å²) in [7, 11) is 0. The third-order valence-electron chi connectivity index (χ3n) is 0.942. The second-order valence-corrected chi connectivity index (χ2v) is 2.07. The Hall–Kier alpha value is -0.870. The molecular formula is C6H7ClN2O2. The topological polar surface area (TPSA) is 55.2 Å². The molecule has 0 spiro atoms. The van der Waals surface area contributed by atoms with Crippen LogP contribution in [0.25, 0.3) is 0 Å². The molecule has 0 bridgehead atoms. The Bertz CT molecular complexity index is 232. The van der Waals surface area contributed by atoms with Gasteiger partial charge >= 0.3 is 0 Å². The Morgan fingerprint density at radius 2 is 2.45 bits per heavy atom. The van der Waals surface area contributed by atoms with Crippen LogP contribution in [0.2, 0.25) is 5.28 Å². The molecule has 1 rings (SSSR count). The quantitative estimate of drug-likeness (QED) is 0.679. The van der Waals surface area contributed by atoms with Crippen LogP contribution < -0.4 is 4.74 Å². The molecular weight excluding hydrogens is 168 g/mol. The lowest BCUT2D eigenvalue weighted by atomic mass is 10.6. The van der Waals surface area contributed by atoms with Crippen LogP contribution in [-0.4, -0.2) is 28.3 Å². The Balaban J connectivity index is 2.56. The summed E-state index contributed by atoms with van der Waals surface area (Å²) in [6.45, 7) is 0.176. The summed E-state index contributed by atoms with van der Waals surface area (Å²) in [5, 5.41) is 8.53. The highest BCUT2D eigenvalue weighted by Gasteiger charge is 1.95. The molecule has 0 aliphatic carbocycles. The molecule has 5 heteroatoms. The number of hydrogen-bond acceptors (Lipinski definition) is 4. The van der Waals surface area contributed by atoms with Crippen molar-refractivity contribution in [2.45, 2.75) is 0 Å². The van der Waals surface area contributed by atoms with Gasteiger partial charge in [0.25, 0.3) is 0 Å². The van der Waals surface area contributed by atoms with E-state index in [1.54, 1.807) is 6.07 Å². The predicted molar refractivity (Wildman–Crippen MR) is 39.6 cm³/mol. The van der Waals surface area contributed by atoms with Gasteiger partial charge in [-0.25, -0.2) is 4.98 Å². The molecule has 0 fully saturated rings. The van der Waals surface area contributed by atoms with Crippen LogP contribution in [-0.2, 0) is 0 Å². The first kappa shape index (κ1) is 8.23. The summed E-state index contributed by atoms with van der Waals surface area (Å²) in [5.41, 5.74) is 0. The van der Waals surface area contributed by atoms with Gasteiger partial charge in [0.1, 0.15) is 6.61 Å². The van der Waals surface area contributed by atoms with E-state index in [9.17, 15) is 0 Å². The lowest BCUT2D eigenvalue weighted by Gasteiger charge is -2.00. The normalized spacial score (nSPS) is 9.64. The van der Waals surface area contributed by atoms with E-state index in [4.69, 9.17) is 21.4 Å². The molecule has 0 saturated heterocycles. The number of aliphatic hydroxyl groups is 1. The van der Waals surface area contributed by atoms with Gasteiger partial charge in [-0.3, -0.25) is 0 Å². The van der Waals surface area contributed by atoms with Crippen LogP contribution in [0.4, 0.5) is 0 Å². The van der Waals surface area contributed by atoms with Gasteiger partial charge in [-0.2, -0.15) is 4.98 Å². The van der Waals surface area contributed by atoms with Gasteiger partial charge in [0.05, 0.1) is 6.61 Å².